The summed E-state index contributed by atoms with van der Waals surface area (Å²) < 4.78 is 0. The molecule has 19 heavy (non-hydrogen) atoms. The maximum atomic E-state index is 3.32. The number of rotatable bonds is 4. The molecule has 0 saturated carbocycles. The van der Waals surface area contributed by atoms with E-state index in [0.717, 1.165) is 19.0 Å². The van der Waals surface area contributed by atoms with Crippen LogP contribution in [-0.2, 0) is 0 Å². The van der Waals surface area contributed by atoms with Crippen molar-refractivity contribution in [2.24, 2.45) is 5.92 Å². The molecule has 1 heterocycles. The van der Waals surface area contributed by atoms with Crippen molar-refractivity contribution < 1.29 is 0 Å². The van der Waals surface area contributed by atoms with Crippen molar-refractivity contribution >= 4 is 5.69 Å². The Morgan fingerprint density at radius 1 is 1.26 bits per heavy atom. The number of nitrogens with zero attached hydrogens (tertiary/aromatic N) is 1. The van der Waals surface area contributed by atoms with Crippen molar-refractivity contribution in [1.82, 2.24) is 5.32 Å². The molecule has 1 aliphatic rings. The highest BCUT2D eigenvalue weighted by Crippen LogP contribution is 2.36. The average Bonchev–Trinajstić information content (AvgIpc) is 2.65. The van der Waals surface area contributed by atoms with Crippen molar-refractivity contribution in [3.63, 3.8) is 0 Å². The Kier molecular flexibility index (Phi) is 4.19. The topological polar surface area (TPSA) is 15.3 Å². The summed E-state index contributed by atoms with van der Waals surface area (Å²) in [5.41, 5.74) is 3.06. The van der Waals surface area contributed by atoms with Crippen molar-refractivity contribution in [2.75, 3.05) is 25.0 Å². The van der Waals surface area contributed by atoms with Crippen LogP contribution < -0.4 is 10.2 Å². The first-order valence-electron chi connectivity index (χ1n) is 7.46. The number of hydrogen-bond acceptors (Lipinski definition) is 2. The molecule has 0 radical (unpaired) electrons. The summed E-state index contributed by atoms with van der Waals surface area (Å²) in [7, 11) is 2.05. The van der Waals surface area contributed by atoms with Crippen molar-refractivity contribution in [2.45, 2.75) is 45.6 Å². The van der Waals surface area contributed by atoms with Crippen LogP contribution in [0.3, 0.4) is 0 Å². The van der Waals surface area contributed by atoms with Gasteiger partial charge in [0.15, 0.2) is 0 Å². The molecule has 1 saturated heterocycles. The minimum Gasteiger partial charge on any atom is -0.366 e. The third-order valence-corrected chi connectivity index (χ3v) is 4.32. The van der Waals surface area contributed by atoms with E-state index in [0.29, 0.717) is 5.92 Å². The van der Waals surface area contributed by atoms with E-state index in [2.05, 4.69) is 62.2 Å². The molecule has 1 fully saturated rings. The van der Waals surface area contributed by atoms with Gasteiger partial charge in [-0.25, -0.2) is 0 Å². The van der Waals surface area contributed by atoms with Crippen LogP contribution in [0.15, 0.2) is 24.3 Å². The standard InChI is InChI=1S/C17H28N2/c1-13(2)15-6-8-16(9-7-15)19-12-14(11-18-5)10-17(19,3)4/h6-9,13-14,18H,10-12H2,1-5H3. The van der Waals surface area contributed by atoms with Gasteiger partial charge < -0.3 is 10.2 Å². The van der Waals surface area contributed by atoms with Crippen LogP contribution >= 0.6 is 0 Å². The Balaban J connectivity index is 2.16. The van der Waals surface area contributed by atoms with Crippen LogP contribution in [0.4, 0.5) is 5.69 Å². The monoisotopic (exact) mass is 260 g/mol. The summed E-state index contributed by atoms with van der Waals surface area (Å²) in [6, 6.07) is 9.14. The molecule has 0 aromatic heterocycles. The molecule has 1 aliphatic heterocycles. The van der Waals surface area contributed by atoms with Crippen molar-refractivity contribution in [3.8, 4) is 0 Å². The van der Waals surface area contributed by atoms with E-state index >= 15 is 0 Å². The second kappa shape index (κ2) is 5.54. The first-order valence-corrected chi connectivity index (χ1v) is 7.46. The number of hydrogen-bond donors (Lipinski definition) is 1. The largest absolute Gasteiger partial charge is 0.366 e. The minimum atomic E-state index is 0.265. The first kappa shape index (κ1) is 14.4. The zero-order valence-electron chi connectivity index (χ0n) is 13.0. The van der Waals surface area contributed by atoms with Crippen LogP contribution in [0.5, 0.6) is 0 Å². The quantitative estimate of drug-likeness (QED) is 0.889. The Bertz CT molecular complexity index is 406. The number of benzene rings is 1. The lowest BCUT2D eigenvalue weighted by atomic mass is 9.96. The lowest BCUT2D eigenvalue weighted by Gasteiger charge is -2.33. The maximum absolute atomic E-state index is 3.32. The van der Waals surface area contributed by atoms with Gasteiger partial charge >= 0.3 is 0 Å². The molecule has 1 atom stereocenters. The van der Waals surface area contributed by atoms with Gasteiger partial charge in [0.25, 0.3) is 0 Å². The highest BCUT2D eigenvalue weighted by atomic mass is 15.2. The van der Waals surface area contributed by atoms with Gasteiger partial charge in [-0.05, 0) is 63.4 Å². The molecule has 2 heteroatoms. The second-order valence-corrected chi connectivity index (χ2v) is 6.80. The lowest BCUT2D eigenvalue weighted by Crippen LogP contribution is -2.38. The van der Waals surface area contributed by atoms with E-state index in [9.17, 15) is 0 Å². The smallest absolute Gasteiger partial charge is 0.0370 e. The Hall–Kier alpha value is -1.02. The van der Waals surface area contributed by atoms with Crippen LogP contribution in [0.1, 0.15) is 45.6 Å². The summed E-state index contributed by atoms with van der Waals surface area (Å²) >= 11 is 0. The van der Waals surface area contributed by atoms with E-state index < -0.39 is 0 Å². The Labute approximate surface area is 118 Å². The molecular formula is C17H28N2. The highest BCUT2D eigenvalue weighted by molar-refractivity contribution is 5.51. The number of nitrogens with one attached hydrogen (secondary N) is 1. The summed E-state index contributed by atoms with van der Waals surface area (Å²) in [6.07, 6.45) is 1.26. The fraction of sp³-hybridized carbons (Fsp3) is 0.647. The van der Waals surface area contributed by atoms with E-state index in [1.807, 2.05) is 7.05 Å². The van der Waals surface area contributed by atoms with E-state index in [1.54, 1.807) is 0 Å². The van der Waals surface area contributed by atoms with Gasteiger partial charge in [0.2, 0.25) is 0 Å². The predicted molar refractivity (Wildman–Crippen MR) is 84.0 cm³/mol. The summed E-state index contributed by atoms with van der Waals surface area (Å²) in [6.45, 7) is 11.5. The summed E-state index contributed by atoms with van der Waals surface area (Å²) in [5, 5.41) is 3.32. The Morgan fingerprint density at radius 3 is 2.42 bits per heavy atom. The first-order chi connectivity index (χ1) is 8.94. The molecule has 0 bridgehead atoms. The zero-order chi connectivity index (χ0) is 14.0. The number of anilines is 1. The average molecular weight is 260 g/mol. The molecular weight excluding hydrogens is 232 g/mol. The molecule has 2 rings (SSSR count). The molecule has 0 spiro atoms. The third kappa shape index (κ3) is 3.11. The molecule has 106 valence electrons. The molecule has 0 amide bonds. The molecule has 2 nitrogen and oxygen atoms in total. The van der Waals surface area contributed by atoms with Crippen LogP contribution in [0, 0.1) is 5.92 Å². The van der Waals surface area contributed by atoms with Gasteiger partial charge in [-0.2, -0.15) is 0 Å². The molecule has 1 aromatic carbocycles. The molecule has 1 unspecified atom stereocenters. The second-order valence-electron chi connectivity index (χ2n) is 6.80. The van der Waals surface area contributed by atoms with E-state index in [1.165, 1.54) is 17.7 Å². The fourth-order valence-electron chi connectivity index (χ4n) is 3.31. The molecule has 1 N–H and O–H groups in total. The van der Waals surface area contributed by atoms with Gasteiger partial charge in [-0.1, -0.05) is 26.0 Å². The van der Waals surface area contributed by atoms with E-state index in [-0.39, 0.29) is 5.54 Å². The van der Waals surface area contributed by atoms with Gasteiger partial charge in [0, 0.05) is 17.8 Å². The summed E-state index contributed by atoms with van der Waals surface area (Å²) in [4.78, 5) is 2.57. The highest BCUT2D eigenvalue weighted by Gasteiger charge is 2.37. The predicted octanol–water partition coefficient (Wildman–Crippen LogP) is 3.63. The fourth-order valence-corrected chi connectivity index (χ4v) is 3.31. The van der Waals surface area contributed by atoms with Gasteiger partial charge in [0.1, 0.15) is 0 Å². The molecule has 1 aromatic rings. The molecule has 0 aliphatic carbocycles. The minimum absolute atomic E-state index is 0.265. The normalized spacial score (nSPS) is 22.2. The van der Waals surface area contributed by atoms with Crippen molar-refractivity contribution in [1.29, 1.82) is 0 Å². The van der Waals surface area contributed by atoms with E-state index in [4.69, 9.17) is 0 Å². The zero-order valence-corrected chi connectivity index (χ0v) is 13.0. The van der Waals surface area contributed by atoms with Crippen LogP contribution in [-0.4, -0.2) is 25.7 Å². The maximum Gasteiger partial charge on any atom is 0.0370 e. The SMILES string of the molecule is CNCC1CN(c2ccc(C(C)C)cc2)C(C)(C)C1. The van der Waals surface area contributed by atoms with Crippen LogP contribution in [0.2, 0.25) is 0 Å². The van der Waals surface area contributed by atoms with Gasteiger partial charge in [-0.15, -0.1) is 0 Å². The van der Waals surface area contributed by atoms with Gasteiger partial charge in [-0.3, -0.25) is 0 Å². The summed E-state index contributed by atoms with van der Waals surface area (Å²) in [5.74, 6) is 1.36. The third-order valence-electron chi connectivity index (χ3n) is 4.32. The van der Waals surface area contributed by atoms with Crippen molar-refractivity contribution in [3.05, 3.63) is 29.8 Å². The lowest BCUT2D eigenvalue weighted by molar-refractivity contribution is 0.462. The Morgan fingerprint density at radius 2 is 1.89 bits per heavy atom. The van der Waals surface area contributed by atoms with Gasteiger partial charge in [0.05, 0.1) is 0 Å². The van der Waals surface area contributed by atoms with Crippen LogP contribution in [0.25, 0.3) is 0 Å².